The Kier molecular flexibility index (Phi) is 3.29. The van der Waals surface area contributed by atoms with Crippen molar-refractivity contribution in [3.63, 3.8) is 0 Å². The molecule has 2 nitrogen and oxygen atoms in total. The van der Waals surface area contributed by atoms with Crippen LogP contribution < -0.4 is 0 Å². The monoisotopic (exact) mass is 212 g/mol. The van der Waals surface area contributed by atoms with Crippen LogP contribution in [-0.2, 0) is 0 Å². The quantitative estimate of drug-likeness (QED) is 0.783. The maximum absolute atomic E-state index is 11.7. The first-order valence-corrected chi connectivity index (χ1v) is 4.88. The molecule has 0 aliphatic rings. The van der Waals surface area contributed by atoms with Crippen LogP contribution in [0.1, 0.15) is 30.6 Å². The summed E-state index contributed by atoms with van der Waals surface area (Å²) in [6, 6.07) is 6.52. The van der Waals surface area contributed by atoms with Gasteiger partial charge in [-0.25, -0.2) is 0 Å². The summed E-state index contributed by atoms with van der Waals surface area (Å²) in [7, 11) is 0. The van der Waals surface area contributed by atoms with E-state index in [0.717, 1.165) is 0 Å². The number of aliphatic hydroxyl groups is 1. The van der Waals surface area contributed by atoms with Gasteiger partial charge in [0.25, 0.3) is 0 Å². The first kappa shape index (κ1) is 11.2. The molecular formula is C11H13ClO2. The zero-order valence-corrected chi connectivity index (χ0v) is 9.01. The highest BCUT2D eigenvalue weighted by atomic mass is 35.5. The molecule has 0 fully saturated rings. The number of halogens is 1. The van der Waals surface area contributed by atoms with Crippen molar-refractivity contribution in [3.8, 4) is 0 Å². The molecular weight excluding hydrogens is 200 g/mol. The van der Waals surface area contributed by atoms with Crippen molar-refractivity contribution in [2.75, 3.05) is 0 Å². The molecule has 1 aromatic rings. The third-order valence-electron chi connectivity index (χ3n) is 2.28. The van der Waals surface area contributed by atoms with Crippen LogP contribution in [0.25, 0.3) is 0 Å². The normalized spacial score (nSPS) is 14.9. The van der Waals surface area contributed by atoms with Gasteiger partial charge < -0.3 is 5.11 Å². The second-order valence-corrected chi connectivity index (χ2v) is 3.90. The van der Waals surface area contributed by atoms with Gasteiger partial charge in [0.2, 0.25) is 0 Å². The fourth-order valence-electron chi connectivity index (χ4n) is 1.07. The minimum absolute atomic E-state index is 0.267. The minimum Gasteiger partial charge on any atom is -0.382 e. The van der Waals surface area contributed by atoms with Gasteiger partial charge in [0.1, 0.15) is 5.60 Å². The van der Waals surface area contributed by atoms with E-state index in [1.165, 1.54) is 6.92 Å². The highest BCUT2D eigenvalue weighted by molar-refractivity contribution is 6.30. The van der Waals surface area contributed by atoms with Crippen LogP contribution in [-0.4, -0.2) is 16.5 Å². The molecule has 0 radical (unpaired) electrons. The Balaban J connectivity index is 2.96. The Morgan fingerprint density at radius 1 is 1.43 bits per heavy atom. The fourth-order valence-corrected chi connectivity index (χ4v) is 1.20. The zero-order chi connectivity index (χ0) is 10.8. The van der Waals surface area contributed by atoms with Gasteiger partial charge in [-0.2, -0.15) is 0 Å². The third-order valence-corrected chi connectivity index (χ3v) is 2.54. The summed E-state index contributed by atoms with van der Waals surface area (Å²) >= 11 is 5.69. The number of carbonyl (C=O) groups is 1. The van der Waals surface area contributed by atoms with Crippen molar-refractivity contribution < 1.29 is 9.90 Å². The van der Waals surface area contributed by atoms with Crippen molar-refractivity contribution in [2.45, 2.75) is 25.9 Å². The second kappa shape index (κ2) is 4.11. The van der Waals surface area contributed by atoms with Crippen molar-refractivity contribution in [1.82, 2.24) is 0 Å². The van der Waals surface area contributed by atoms with Crippen LogP contribution in [0.15, 0.2) is 24.3 Å². The van der Waals surface area contributed by atoms with Gasteiger partial charge in [0.05, 0.1) is 0 Å². The number of hydrogen-bond donors (Lipinski definition) is 1. The molecule has 0 spiro atoms. The van der Waals surface area contributed by atoms with E-state index in [1.54, 1.807) is 31.2 Å². The lowest BCUT2D eigenvalue weighted by Crippen LogP contribution is -2.34. The summed E-state index contributed by atoms with van der Waals surface area (Å²) in [5, 5.41) is 10.3. The molecule has 0 heterocycles. The summed E-state index contributed by atoms with van der Waals surface area (Å²) in [5.74, 6) is -0.267. The van der Waals surface area contributed by atoms with Gasteiger partial charge in [-0.1, -0.05) is 18.5 Å². The molecule has 76 valence electrons. The fraction of sp³-hybridized carbons (Fsp3) is 0.364. The largest absolute Gasteiger partial charge is 0.382 e. The van der Waals surface area contributed by atoms with Crippen LogP contribution in [0, 0.1) is 0 Å². The van der Waals surface area contributed by atoms with Crippen LogP contribution in [0.2, 0.25) is 5.02 Å². The number of ketones is 1. The standard InChI is InChI=1S/C11H13ClO2/c1-3-11(2,14)10(13)8-4-6-9(12)7-5-8/h4-7,14H,3H2,1-2H3. The SMILES string of the molecule is CCC(C)(O)C(=O)c1ccc(Cl)cc1. The van der Waals surface area contributed by atoms with Crippen LogP contribution in [0.5, 0.6) is 0 Å². The topological polar surface area (TPSA) is 37.3 Å². The van der Waals surface area contributed by atoms with Crippen LogP contribution in [0.3, 0.4) is 0 Å². The maximum Gasteiger partial charge on any atom is 0.194 e. The van der Waals surface area contributed by atoms with Crippen LogP contribution >= 0.6 is 11.6 Å². The molecule has 1 unspecified atom stereocenters. The Morgan fingerprint density at radius 2 is 1.93 bits per heavy atom. The summed E-state index contributed by atoms with van der Waals surface area (Å²) in [4.78, 5) is 11.7. The number of hydrogen-bond acceptors (Lipinski definition) is 2. The summed E-state index contributed by atoms with van der Waals surface area (Å²) in [6.07, 6.45) is 0.397. The van der Waals surface area contributed by atoms with E-state index in [0.29, 0.717) is 17.0 Å². The molecule has 1 N–H and O–H groups in total. The highest BCUT2D eigenvalue weighted by Crippen LogP contribution is 2.18. The molecule has 14 heavy (non-hydrogen) atoms. The van der Waals surface area contributed by atoms with Crippen molar-refractivity contribution in [3.05, 3.63) is 34.9 Å². The van der Waals surface area contributed by atoms with Crippen LogP contribution in [0.4, 0.5) is 0 Å². The smallest absolute Gasteiger partial charge is 0.194 e. The number of Topliss-reactive ketones (excluding diaryl/α,β-unsaturated/α-hetero) is 1. The van der Waals surface area contributed by atoms with Gasteiger partial charge in [-0.3, -0.25) is 4.79 Å². The Bertz CT molecular complexity index is 328. The maximum atomic E-state index is 11.7. The minimum atomic E-state index is -1.28. The van der Waals surface area contributed by atoms with E-state index in [9.17, 15) is 9.90 Å². The Labute approximate surface area is 88.5 Å². The van der Waals surface area contributed by atoms with Gasteiger partial charge in [-0.05, 0) is 37.6 Å². The average molecular weight is 213 g/mol. The molecule has 0 saturated carbocycles. The lowest BCUT2D eigenvalue weighted by atomic mass is 9.92. The Morgan fingerprint density at radius 3 is 2.36 bits per heavy atom. The van der Waals surface area contributed by atoms with E-state index in [1.807, 2.05) is 0 Å². The first-order valence-electron chi connectivity index (χ1n) is 4.50. The number of carbonyl (C=O) groups excluding carboxylic acids is 1. The van der Waals surface area contributed by atoms with Gasteiger partial charge in [0.15, 0.2) is 5.78 Å². The number of rotatable bonds is 3. The summed E-state index contributed by atoms with van der Waals surface area (Å²) in [5.41, 5.74) is -0.797. The van der Waals surface area contributed by atoms with E-state index < -0.39 is 5.60 Å². The van der Waals surface area contributed by atoms with Crippen molar-refractivity contribution in [2.24, 2.45) is 0 Å². The van der Waals surface area contributed by atoms with Crippen molar-refractivity contribution >= 4 is 17.4 Å². The third kappa shape index (κ3) is 2.34. The molecule has 0 aliphatic carbocycles. The lowest BCUT2D eigenvalue weighted by molar-refractivity contribution is 0.0390. The molecule has 0 bridgehead atoms. The van der Waals surface area contributed by atoms with E-state index in [-0.39, 0.29) is 5.78 Å². The van der Waals surface area contributed by atoms with E-state index in [4.69, 9.17) is 11.6 Å². The second-order valence-electron chi connectivity index (χ2n) is 3.46. The zero-order valence-electron chi connectivity index (χ0n) is 8.25. The highest BCUT2D eigenvalue weighted by Gasteiger charge is 2.28. The van der Waals surface area contributed by atoms with Crippen molar-refractivity contribution in [1.29, 1.82) is 0 Å². The Hall–Kier alpha value is -0.860. The molecule has 0 aromatic heterocycles. The molecule has 1 aromatic carbocycles. The van der Waals surface area contributed by atoms with Gasteiger partial charge in [0, 0.05) is 10.6 Å². The lowest BCUT2D eigenvalue weighted by Gasteiger charge is -2.19. The summed E-state index contributed by atoms with van der Waals surface area (Å²) < 4.78 is 0. The average Bonchev–Trinajstić information content (AvgIpc) is 2.18. The molecule has 3 heteroatoms. The molecule has 0 amide bonds. The van der Waals surface area contributed by atoms with Gasteiger partial charge >= 0.3 is 0 Å². The number of benzene rings is 1. The predicted octanol–water partition coefficient (Wildman–Crippen LogP) is 2.68. The molecule has 0 saturated heterocycles. The first-order chi connectivity index (χ1) is 6.47. The molecule has 1 rings (SSSR count). The molecule has 0 aliphatic heterocycles. The predicted molar refractivity (Wildman–Crippen MR) is 56.7 cm³/mol. The molecule has 1 atom stereocenters. The van der Waals surface area contributed by atoms with Gasteiger partial charge in [-0.15, -0.1) is 0 Å². The van der Waals surface area contributed by atoms with E-state index in [2.05, 4.69) is 0 Å². The summed E-state index contributed by atoms with van der Waals surface area (Å²) in [6.45, 7) is 3.29. The van der Waals surface area contributed by atoms with E-state index >= 15 is 0 Å².